The molecule has 0 spiro atoms. The zero-order valence-electron chi connectivity index (χ0n) is 11.8. The first-order valence-electron chi connectivity index (χ1n) is 7.48. The van der Waals surface area contributed by atoms with E-state index in [0.29, 0.717) is 19.1 Å². The predicted molar refractivity (Wildman–Crippen MR) is 72.8 cm³/mol. The minimum absolute atomic E-state index is 0.0330. The Hall–Kier alpha value is -0.650. The highest BCUT2D eigenvalue weighted by Crippen LogP contribution is 2.23. The summed E-state index contributed by atoms with van der Waals surface area (Å²) in [5.74, 6) is 0.459. The fourth-order valence-corrected chi connectivity index (χ4v) is 2.93. The molecule has 2 rings (SSSR count). The molecule has 1 aliphatic heterocycles. The number of carbonyl (C=O) groups excluding carboxylic acids is 1. The summed E-state index contributed by atoms with van der Waals surface area (Å²) >= 11 is 0. The molecule has 110 valence electrons. The molecule has 5 nitrogen and oxygen atoms in total. The van der Waals surface area contributed by atoms with Crippen LogP contribution < -0.4 is 5.32 Å². The maximum Gasteiger partial charge on any atom is 0.250 e. The Morgan fingerprint density at radius 3 is 2.74 bits per heavy atom. The molecular formula is C14H26N2O3. The van der Waals surface area contributed by atoms with Crippen LogP contribution in [0.1, 0.15) is 32.6 Å². The molecule has 1 aliphatic carbocycles. The minimum atomic E-state index is -0.315. The predicted octanol–water partition coefficient (Wildman–Crippen LogP) is 0.374. The summed E-state index contributed by atoms with van der Waals surface area (Å²) in [5, 5.41) is 12.2. The van der Waals surface area contributed by atoms with Crippen molar-refractivity contribution in [3.63, 3.8) is 0 Å². The number of carbonyl (C=O) groups is 1. The maximum atomic E-state index is 12.2. The van der Waals surface area contributed by atoms with Gasteiger partial charge in [0, 0.05) is 25.7 Å². The molecule has 0 aromatic rings. The second kappa shape index (κ2) is 7.22. The Labute approximate surface area is 115 Å². The van der Waals surface area contributed by atoms with Gasteiger partial charge in [-0.3, -0.25) is 9.69 Å². The molecule has 5 heteroatoms. The number of rotatable bonds is 4. The van der Waals surface area contributed by atoms with E-state index in [4.69, 9.17) is 9.84 Å². The average Bonchev–Trinajstić information content (AvgIpc) is 2.48. The molecule has 0 bridgehead atoms. The number of nitrogens with zero attached hydrogens (tertiary/aromatic N) is 1. The van der Waals surface area contributed by atoms with Crippen molar-refractivity contribution < 1.29 is 14.6 Å². The molecule has 1 saturated carbocycles. The standard InChI is InChI=1S/C14H26N2O3/c1-2-16-7-8-19-13(9-16)14(18)15-12-5-3-11(10-17)4-6-12/h11-13,17H,2-10H2,1H3,(H,15,18). The number of hydrogen-bond acceptors (Lipinski definition) is 4. The van der Waals surface area contributed by atoms with E-state index in [1.807, 2.05) is 0 Å². The van der Waals surface area contributed by atoms with E-state index in [1.54, 1.807) is 0 Å². The molecule has 1 amide bonds. The summed E-state index contributed by atoms with van der Waals surface area (Å²) in [4.78, 5) is 14.4. The molecule has 0 radical (unpaired) electrons. The zero-order valence-corrected chi connectivity index (χ0v) is 11.8. The Kier molecular flexibility index (Phi) is 5.60. The van der Waals surface area contributed by atoms with Crippen molar-refractivity contribution in [2.75, 3.05) is 32.8 Å². The van der Waals surface area contributed by atoms with Crippen molar-refractivity contribution in [1.82, 2.24) is 10.2 Å². The van der Waals surface area contributed by atoms with Crippen LogP contribution in [0.25, 0.3) is 0 Å². The van der Waals surface area contributed by atoms with Gasteiger partial charge in [0.15, 0.2) is 0 Å². The van der Waals surface area contributed by atoms with Crippen molar-refractivity contribution in [2.45, 2.75) is 44.8 Å². The van der Waals surface area contributed by atoms with E-state index in [1.165, 1.54) is 0 Å². The van der Waals surface area contributed by atoms with Crippen LogP contribution >= 0.6 is 0 Å². The Balaban J connectivity index is 1.75. The fraction of sp³-hybridized carbons (Fsp3) is 0.929. The summed E-state index contributed by atoms with van der Waals surface area (Å²) in [6.45, 7) is 5.61. The van der Waals surface area contributed by atoms with Crippen molar-refractivity contribution >= 4 is 5.91 Å². The van der Waals surface area contributed by atoms with E-state index in [-0.39, 0.29) is 24.7 Å². The monoisotopic (exact) mass is 270 g/mol. The van der Waals surface area contributed by atoms with E-state index in [0.717, 1.165) is 38.8 Å². The quantitative estimate of drug-likeness (QED) is 0.775. The van der Waals surface area contributed by atoms with Crippen LogP contribution in [0.2, 0.25) is 0 Å². The molecule has 19 heavy (non-hydrogen) atoms. The average molecular weight is 270 g/mol. The maximum absolute atomic E-state index is 12.2. The number of likely N-dealkylation sites (N-methyl/N-ethyl adjacent to an activating group) is 1. The van der Waals surface area contributed by atoms with Gasteiger partial charge in [-0.15, -0.1) is 0 Å². The molecule has 2 fully saturated rings. The van der Waals surface area contributed by atoms with Crippen LogP contribution in [0.3, 0.4) is 0 Å². The van der Waals surface area contributed by atoms with Gasteiger partial charge in [0.05, 0.1) is 6.61 Å². The van der Waals surface area contributed by atoms with Crippen molar-refractivity contribution in [3.05, 3.63) is 0 Å². The highest BCUT2D eigenvalue weighted by Gasteiger charge is 2.29. The van der Waals surface area contributed by atoms with Gasteiger partial charge < -0.3 is 15.2 Å². The first kappa shape index (κ1) is 14.8. The van der Waals surface area contributed by atoms with E-state index >= 15 is 0 Å². The van der Waals surface area contributed by atoms with Crippen LogP contribution in [-0.2, 0) is 9.53 Å². The summed E-state index contributed by atoms with van der Waals surface area (Å²) in [5.41, 5.74) is 0. The second-order valence-electron chi connectivity index (χ2n) is 5.66. The van der Waals surface area contributed by atoms with Crippen molar-refractivity contribution in [3.8, 4) is 0 Å². The van der Waals surface area contributed by atoms with Crippen LogP contribution in [0.5, 0.6) is 0 Å². The van der Waals surface area contributed by atoms with Gasteiger partial charge in [0.1, 0.15) is 6.10 Å². The third-order valence-electron chi connectivity index (χ3n) is 4.34. The summed E-state index contributed by atoms with van der Waals surface area (Å²) in [7, 11) is 0. The molecule has 1 saturated heterocycles. The lowest BCUT2D eigenvalue weighted by molar-refractivity contribution is -0.139. The summed E-state index contributed by atoms with van der Waals surface area (Å²) in [6.07, 6.45) is 3.65. The number of aliphatic hydroxyl groups is 1. The molecule has 2 aliphatic rings. The van der Waals surface area contributed by atoms with Gasteiger partial charge in [-0.1, -0.05) is 6.92 Å². The number of amides is 1. The van der Waals surface area contributed by atoms with Crippen LogP contribution in [0.4, 0.5) is 0 Å². The van der Waals surface area contributed by atoms with Crippen LogP contribution in [-0.4, -0.2) is 60.9 Å². The van der Waals surface area contributed by atoms with Crippen molar-refractivity contribution in [1.29, 1.82) is 0 Å². The van der Waals surface area contributed by atoms with Gasteiger partial charge in [-0.25, -0.2) is 0 Å². The van der Waals surface area contributed by atoms with E-state index in [2.05, 4.69) is 17.1 Å². The summed E-state index contributed by atoms with van der Waals surface area (Å²) < 4.78 is 5.56. The van der Waals surface area contributed by atoms with Gasteiger partial charge in [-0.05, 0) is 38.1 Å². The SMILES string of the molecule is CCN1CCOC(C(=O)NC2CCC(CO)CC2)C1. The lowest BCUT2D eigenvalue weighted by Gasteiger charge is -2.33. The zero-order chi connectivity index (χ0) is 13.7. The minimum Gasteiger partial charge on any atom is -0.396 e. The van der Waals surface area contributed by atoms with E-state index in [9.17, 15) is 4.79 Å². The Bertz CT molecular complexity index is 290. The molecule has 1 heterocycles. The van der Waals surface area contributed by atoms with Gasteiger partial charge in [0.25, 0.3) is 5.91 Å². The second-order valence-corrected chi connectivity index (χ2v) is 5.66. The first-order valence-corrected chi connectivity index (χ1v) is 7.48. The third kappa shape index (κ3) is 4.16. The first-order chi connectivity index (χ1) is 9.22. The Morgan fingerprint density at radius 2 is 2.11 bits per heavy atom. The topological polar surface area (TPSA) is 61.8 Å². The smallest absolute Gasteiger partial charge is 0.250 e. The highest BCUT2D eigenvalue weighted by molar-refractivity contribution is 5.81. The normalized spacial score (nSPS) is 33.1. The Morgan fingerprint density at radius 1 is 1.37 bits per heavy atom. The number of aliphatic hydroxyl groups excluding tert-OH is 1. The number of ether oxygens (including phenoxy) is 1. The van der Waals surface area contributed by atoms with Gasteiger partial charge in [0.2, 0.25) is 0 Å². The molecule has 0 aromatic carbocycles. The van der Waals surface area contributed by atoms with Gasteiger partial charge in [-0.2, -0.15) is 0 Å². The summed E-state index contributed by atoms with van der Waals surface area (Å²) in [6, 6.07) is 0.260. The third-order valence-corrected chi connectivity index (χ3v) is 4.34. The fourth-order valence-electron chi connectivity index (χ4n) is 2.93. The number of morpholine rings is 1. The van der Waals surface area contributed by atoms with Gasteiger partial charge >= 0.3 is 0 Å². The number of hydrogen-bond donors (Lipinski definition) is 2. The lowest BCUT2D eigenvalue weighted by Crippen LogP contribution is -2.52. The van der Waals surface area contributed by atoms with Crippen LogP contribution in [0.15, 0.2) is 0 Å². The lowest BCUT2D eigenvalue weighted by atomic mass is 9.86. The van der Waals surface area contributed by atoms with Crippen molar-refractivity contribution in [2.24, 2.45) is 5.92 Å². The van der Waals surface area contributed by atoms with Crippen LogP contribution in [0, 0.1) is 5.92 Å². The highest BCUT2D eigenvalue weighted by atomic mass is 16.5. The molecule has 2 N–H and O–H groups in total. The number of nitrogens with one attached hydrogen (secondary N) is 1. The molecule has 1 unspecified atom stereocenters. The molecular weight excluding hydrogens is 244 g/mol. The van der Waals surface area contributed by atoms with E-state index < -0.39 is 0 Å². The largest absolute Gasteiger partial charge is 0.396 e. The molecule has 1 atom stereocenters. The molecule has 0 aromatic heterocycles.